The lowest BCUT2D eigenvalue weighted by atomic mass is 9.80. The van der Waals surface area contributed by atoms with Crippen molar-refractivity contribution in [2.24, 2.45) is 5.41 Å². The van der Waals surface area contributed by atoms with Gasteiger partial charge in [0.05, 0.1) is 12.0 Å². The van der Waals surface area contributed by atoms with Gasteiger partial charge in [-0.3, -0.25) is 9.59 Å². The Morgan fingerprint density at radius 3 is 2.57 bits per heavy atom. The minimum Gasteiger partial charge on any atom is -0.481 e. The third kappa shape index (κ3) is 3.42. The van der Waals surface area contributed by atoms with Crippen LogP contribution in [0.2, 0.25) is 0 Å². The zero-order valence-corrected chi connectivity index (χ0v) is 12.5. The molecule has 2 rings (SSSR count). The van der Waals surface area contributed by atoms with Gasteiger partial charge in [0.25, 0.3) is 5.91 Å². The van der Waals surface area contributed by atoms with Crippen LogP contribution in [-0.2, 0) is 16.1 Å². The Labute approximate surface area is 124 Å². The second-order valence-electron chi connectivity index (χ2n) is 5.79. The smallest absolute Gasteiger partial charge is 0.309 e. The van der Waals surface area contributed by atoms with Gasteiger partial charge < -0.3 is 14.7 Å². The molecule has 0 spiro atoms. The predicted octanol–water partition coefficient (Wildman–Crippen LogP) is 2.16. The molecule has 0 aliphatic carbocycles. The lowest BCUT2D eigenvalue weighted by Crippen LogP contribution is -2.45. The molecule has 1 saturated heterocycles. The number of nitrogens with zero attached hydrogens (tertiary/aromatic N) is 1. The quantitative estimate of drug-likeness (QED) is 0.923. The van der Waals surface area contributed by atoms with Crippen LogP contribution in [0.25, 0.3) is 0 Å². The van der Waals surface area contributed by atoms with E-state index in [2.05, 4.69) is 0 Å². The fourth-order valence-corrected chi connectivity index (χ4v) is 2.56. The Bertz CT molecular complexity index is 533. The molecule has 0 atom stereocenters. The fraction of sp³-hybridized carbons (Fsp3) is 0.500. The van der Waals surface area contributed by atoms with Crippen LogP contribution in [0.3, 0.4) is 0 Å². The van der Waals surface area contributed by atoms with Crippen molar-refractivity contribution in [1.29, 1.82) is 0 Å². The average molecular weight is 291 g/mol. The number of carbonyl (C=O) groups excluding carboxylic acids is 1. The molecule has 5 heteroatoms. The van der Waals surface area contributed by atoms with Gasteiger partial charge in [-0.05, 0) is 37.5 Å². The second-order valence-corrected chi connectivity index (χ2v) is 5.79. The summed E-state index contributed by atoms with van der Waals surface area (Å²) in [5.41, 5.74) is 0.869. The van der Waals surface area contributed by atoms with E-state index in [1.165, 1.54) is 0 Å². The molecule has 5 nitrogen and oxygen atoms in total. The Balaban J connectivity index is 2.05. The lowest BCUT2D eigenvalue weighted by Gasteiger charge is -2.36. The number of hydrogen-bond acceptors (Lipinski definition) is 3. The molecule has 0 radical (unpaired) electrons. The van der Waals surface area contributed by atoms with E-state index in [4.69, 9.17) is 4.74 Å². The molecule has 1 aromatic carbocycles. The van der Waals surface area contributed by atoms with Crippen molar-refractivity contribution >= 4 is 11.9 Å². The molecular weight excluding hydrogens is 270 g/mol. The van der Waals surface area contributed by atoms with Crippen molar-refractivity contribution in [3.05, 3.63) is 35.4 Å². The molecule has 114 valence electrons. The number of carboxylic acid groups (broad SMARTS) is 1. The van der Waals surface area contributed by atoms with Gasteiger partial charge in [-0.25, -0.2) is 0 Å². The van der Waals surface area contributed by atoms with Gasteiger partial charge >= 0.3 is 5.97 Å². The van der Waals surface area contributed by atoms with Crippen LogP contribution < -0.4 is 0 Å². The SMILES string of the molecule is COCc1cccc(C(=O)N2CCC(C)(C(=O)O)CC2)c1. The average Bonchev–Trinajstić information content (AvgIpc) is 2.48. The molecule has 0 saturated carbocycles. The molecule has 0 unspecified atom stereocenters. The molecule has 0 bridgehead atoms. The summed E-state index contributed by atoms with van der Waals surface area (Å²) in [5.74, 6) is -0.822. The predicted molar refractivity (Wildman–Crippen MR) is 78.0 cm³/mol. The lowest BCUT2D eigenvalue weighted by molar-refractivity contribution is -0.150. The highest BCUT2D eigenvalue weighted by Gasteiger charge is 2.38. The number of hydrogen-bond donors (Lipinski definition) is 1. The number of carbonyl (C=O) groups is 2. The van der Waals surface area contributed by atoms with E-state index >= 15 is 0 Å². The third-order valence-corrected chi connectivity index (χ3v) is 4.16. The van der Waals surface area contributed by atoms with Crippen LogP contribution in [0.15, 0.2) is 24.3 Å². The standard InChI is InChI=1S/C16H21NO4/c1-16(15(19)20)6-8-17(9-7-16)14(18)13-5-3-4-12(10-13)11-21-2/h3-5,10H,6-9,11H2,1-2H3,(H,19,20). The van der Waals surface area contributed by atoms with E-state index < -0.39 is 11.4 Å². The van der Waals surface area contributed by atoms with Crippen LogP contribution in [-0.4, -0.2) is 42.1 Å². The van der Waals surface area contributed by atoms with E-state index in [9.17, 15) is 14.7 Å². The van der Waals surface area contributed by atoms with Gasteiger partial charge in [-0.15, -0.1) is 0 Å². The topological polar surface area (TPSA) is 66.8 Å². The fourth-order valence-electron chi connectivity index (χ4n) is 2.56. The highest BCUT2D eigenvalue weighted by Crippen LogP contribution is 2.31. The molecule has 1 heterocycles. The van der Waals surface area contributed by atoms with E-state index in [-0.39, 0.29) is 5.91 Å². The van der Waals surface area contributed by atoms with Gasteiger partial charge in [0.15, 0.2) is 0 Å². The summed E-state index contributed by atoms with van der Waals surface area (Å²) in [6, 6.07) is 7.37. The number of carboxylic acids is 1. The summed E-state index contributed by atoms with van der Waals surface area (Å²) >= 11 is 0. The van der Waals surface area contributed by atoms with Crippen LogP contribution in [0.1, 0.15) is 35.7 Å². The summed E-state index contributed by atoms with van der Waals surface area (Å²) in [6.45, 7) is 3.18. The van der Waals surface area contributed by atoms with E-state index in [0.29, 0.717) is 38.1 Å². The molecule has 21 heavy (non-hydrogen) atoms. The molecular formula is C16H21NO4. The highest BCUT2D eigenvalue weighted by molar-refractivity contribution is 5.94. The maximum atomic E-state index is 12.5. The normalized spacial score (nSPS) is 17.5. The van der Waals surface area contributed by atoms with Crippen LogP contribution >= 0.6 is 0 Å². The Morgan fingerprint density at radius 2 is 2.00 bits per heavy atom. The number of amides is 1. The van der Waals surface area contributed by atoms with Gasteiger partial charge in [0.1, 0.15) is 0 Å². The van der Waals surface area contributed by atoms with Gasteiger partial charge in [0.2, 0.25) is 0 Å². The molecule has 0 aromatic heterocycles. The Morgan fingerprint density at radius 1 is 1.33 bits per heavy atom. The molecule has 1 aliphatic rings. The van der Waals surface area contributed by atoms with Crippen LogP contribution in [0.5, 0.6) is 0 Å². The number of ether oxygens (including phenoxy) is 1. The minimum atomic E-state index is -0.781. The van der Waals surface area contributed by atoms with Crippen LogP contribution in [0, 0.1) is 5.41 Å². The van der Waals surface area contributed by atoms with Crippen molar-refractivity contribution < 1.29 is 19.4 Å². The first-order valence-electron chi connectivity index (χ1n) is 7.07. The summed E-state index contributed by atoms with van der Waals surface area (Å²) in [5, 5.41) is 9.22. The van der Waals surface area contributed by atoms with E-state index in [1.807, 2.05) is 18.2 Å². The molecule has 1 aliphatic heterocycles. The van der Waals surface area contributed by atoms with Crippen molar-refractivity contribution in [1.82, 2.24) is 4.90 Å². The summed E-state index contributed by atoms with van der Waals surface area (Å²) in [6.07, 6.45) is 0.984. The highest BCUT2D eigenvalue weighted by atomic mass is 16.5. The maximum Gasteiger partial charge on any atom is 0.309 e. The van der Waals surface area contributed by atoms with E-state index in [0.717, 1.165) is 5.56 Å². The number of rotatable bonds is 4. The second kappa shape index (κ2) is 6.26. The third-order valence-electron chi connectivity index (χ3n) is 4.16. The van der Waals surface area contributed by atoms with Gasteiger partial charge in [0, 0.05) is 25.8 Å². The van der Waals surface area contributed by atoms with Crippen molar-refractivity contribution in [2.45, 2.75) is 26.4 Å². The summed E-state index contributed by atoms with van der Waals surface area (Å²) in [7, 11) is 1.62. The maximum absolute atomic E-state index is 12.5. The van der Waals surface area contributed by atoms with Crippen molar-refractivity contribution in [3.63, 3.8) is 0 Å². The first kappa shape index (κ1) is 15.5. The monoisotopic (exact) mass is 291 g/mol. The van der Waals surface area contributed by atoms with Crippen molar-refractivity contribution in [3.8, 4) is 0 Å². The van der Waals surface area contributed by atoms with Crippen molar-refractivity contribution in [2.75, 3.05) is 20.2 Å². The molecule has 1 aromatic rings. The number of aliphatic carboxylic acids is 1. The Kier molecular flexibility index (Phi) is 4.63. The molecule has 1 amide bonds. The van der Waals surface area contributed by atoms with Gasteiger partial charge in [-0.2, -0.15) is 0 Å². The number of methoxy groups -OCH3 is 1. The number of likely N-dealkylation sites (tertiary alicyclic amines) is 1. The Hall–Kier alpha value is -1.88. The largest absolute Gasteiger partial charge is 0.481 e. The molecule has 1 fully saturated rings. The first-order valence-corrected chi connectivity index (χ1v) is 7.07. The minimum absolute atomic E-state index is 0.0413. The number of piperidine rings is 1. The zero-order valence-electron chi connectivity index (χ0n) is 12.5. The summed E-state index contributed by atoms with van der Waals surface area (Å²) in [4.78, 5) is 25.4. The zero-order chi connectivity index (χ0) is 15.5. The van der Waals surface area contributed by atoms with E-state index in [1.54, 1.807) is 25.0 Å². The molecule has 1 N–H and O–H groups in total. The summed E-state index contributed by atoms with van der Waals surface area (Å²) < 4.78 is 5.07. The van der Waals surface area contributed by atoms with Crippen LogP contribution in [0.4, 0.5) is 0 Å². The first-order chi connectivity index (χ1) is 9.96. The number of benzene rings is 1. The van der Waals surface area contributed by atoms with Gasteiger partial charge in [-0.1, -0.05) is 12.1 Å².